The molecule has 2 heterocycles. The number of benzene rings is 1. The third-order valence-electron chi connectivity index (χ3n) is 4.12. The van der Waals surface area contributed by atoms with Crippen LogP contribution in [0.4, 0.5) is 11.5 Å². The summed E-state index contributed by atoms with van der Waals surface area (Å²) in [5.74, 6) is 0.975. The molecule has 106 valence electrons. The number of anilines is 2. The Labute approximate surface area is 119 Å². The van der Waals surface area contributed by atoms with Crippen molar-refractivity contribution in [3.63, 3.8) is 0 Å². The zero-order valence-electron chi connectivity index (χ0n) is 12.1. The Bertz CT molecular complexity index is 612. The van der Waals surface area contributed by atoms with Crippen LogP contribution in [0.2, 0.25) is 0 Å². The largest absolute Gasteiger partial charge is 0.399 e. The molecule has 5 nitrogen and oxygen atoms in total. The number of fused-ring (bicyclic) bond motifs is 1. The molecule has 0 amide bonds. The SMILES string of the molecule is CN1CCCC(N(C)c2ncnc3ccc(N)cc23)C1. The Hall–Kier alpha value is -1.88. The second-order valence-corrected chi connectivity index (χ2v) is 5.64. The van der Waals surface area contributed by atoms with E-state index in [0.717, 1.165) is 29.0 Å². The van der Waals surface area contributed by atoms with E-state index in [4.69, 9.17) is 5.73 Å². The van der Waals surface area contributed by atoms with E-state index in [1.165, 1.54) is 19.4 Å². The number of aromatic nitrogens is 2. The lowest BCUT2D eigenvalue weighted by Crippen LogP contribution is -2.45. The quantitative estimate of drug-likeness (QED) is 0.843. The molecule has 2 aromatic rings. The number of likely N-dealkylation sites (tertiary alicyclic amines) is 1. The van der Waals surface area contributed by atoms with Gasteiger partial charge in [-0.15, -0.1) is 0 Å². The predicted octanol–water partition coefficient (Wildman–Crippen LogP) is 1.74. The van der Waals surface area contributed by atoms with Crippen LogP contribution in [0.15, 0.2) is 24.5 Å². The molecule has 0 saturated carbocycles. The minimum Gasteiger partial charge on any atom is -0.399 e. The van der Waals surface area contributed by atoms with Crippen molar-refractivity contribution in [2.24, 2.45) is 0 Å². The lowest BCUT2D eigenvalue weighted by atomic mass is 10.0. The van der Waals surface area contributed by atoms with Crippen molar-refractivity contribution in [1.29, 1.82) is 0 Å². The molecule has 5 heteroatoms. The molecule has 1 fully saturated rings. The number of nitrogens with two attached hydrogens (primary N) is 1. The number of nitrogens with zero attached hydrogens (tertiary/aromatic N) is 4. The van der Waals surface area contributed by atoms with Gasteiger partial charge in [0.05, 0.1) is 5.52 Å². The molecule has 1 aliphatic heterocycles. The molecule has 2 N–H and O–H groups in total. The number of hydrogen-bond donors (Lipinski definition) is 1. The number of hydrogen-bond acceptors (Lipinski definition) is 5. The van der Waals surface area contributed by atoms with E-state index in [-0.39, 0.29) is 0 Å². The molecular formula is C15H21N5. The van der Waals surface area contributed by atoms with Crippen molar-refractivity contribution in [3.05, 3.63) is 24.5 Å². The van der Waals surface area contributed by atoms with Gasteiger partial charge in [0.25, 0.3) is 0 Å². The molecule has 3 rings (SSSR count). The summed E-state index contributed by atoms with van der Waals surface area (Å²) in [7, 11) is 4.30. The zero-order valence-corrected chi connectivity index (χ0v) is 12.1. The third kappa shape index (κ3) is 2.41. The van der Waals surface area contributed by atoms with Gasteiger partial charge in [0, 0.05) is 30.7 Å². The summed E-state index contributed by atoms with van der Waals surface area (Å²) >= 11 is 0. The second kappa shape index (κ2) is 5.25. The van der Waals surface area contributed by atoms with Gasteiger partial charge in [-0.05, 0) is 44.6 Å². The van der Waals surface area contributed by atoms with Crippen LogP contribution < -0.4 is 10.6 Å². The van der Waals surface area contributed by atoms with Crippen molar-refractivity contribution in [1.82, 2.24) is 14.9 Å². The molecule has 0 aliphatic carbocycles. The summed E-state index contributed by atoms with van der Waals surface area (Å²) in [4.78, 5) is 13.5. The molecule has 1 atom stereocenters. The molecule has 1 aliphatic rings. The third-order valence-corrected chi connectivity index (χ3v) is 4.12. The van der Waals surface area contributed by atoms with Gasteiger partial charge in [0.1, 0.15) is 12.1 Å². The summed E-state index contributed by atoms with van der Waals surface area (Å²) in [6.07, 6.45) is 4.07. The van der Waals surface area contributed by atoms with Crippen molar-refractivity contribution in [2.75, 3.05) is 37.8 Å². The fourth-order valence-electron chi connectivity index (χ4n) is 2.97. The molecule has 0 radical (unpaired) electrons. The molecule has 0 bridgehead atoms. The van der Waals surface area contributed by atoms with E-state index >= 15 is 0 Å². The van der Waals surface area contributed by atoms with E-state index in [2.05, 4.69) is 33.9 Å². The number of nitrogen functional groups attached to an aromatic ring is 1. The van der Waals surface area contributed by atoms with E-state index < -0.39 is 0 Å². The lowest BCUT2D eigenvalue weighted by Gasteiger charge is -2.36. The van der Waals surface area contributed by atoms with Gasteiger partial charge in [0.2, 0.25) is 0 Å². The van der Waals surface area contributed by atoms with E-state index in [1.807, 2.05) is 18.2 Å². The Kier molecular flexibility index (Phi) is 3.44. The molecule has 1 aromatic carbocycles. The Morgan fingerprint density at radius 3 is 3.00 bits per heavy atom. The highest BCUT2D eigenvalue weighted by atomic mass is 15.2. The van der Waals surface area contributed by atoms with E-state index in [1.54, 1.807) is 6.33 Å². The maximum atomic E-state index is 5.91. The highest BCUT2D eigenvalue weighted by Gasteiger charge is 2.23. The lowest BCUT2D eigenvalue weighted by molar-refractivity contribution is 0.247. The summed E-state index contributed by atoms with van der Waals surface area (Å²) in [5.41, 5.74) is 7.61. The van der Waals surface area contributed by atoms with Crippen LogP contribution >= 0.6 is 0 Å². The van der Waals surface area contributed by atoms with Crippen LogP contribution in [0.25, 0.3) is 10.9 Å². The minimum atomic E-state index is 0.494. The first kappa shape index (κ1) is 13.1. The molecular weight excluding hydrogens is 250 g/mol. The normalized spacial score (nSPS) is 20.2. The van der Waals surface area contributed by atoms with Crippen LogP contribution in [0.1, 0.15) is 12.8 Å². The summed E-state index contributed by atoms with van der Waals surface area (Å²) in [6, 6.07) is 6.30. The number of likely N-dealkylation sites (N-methyl/N-ethyl adjacent to an activating group) is 2. The van der Waals surface area contributed by atoms with Gasteiger partial charge >= 0.3 is 0 Å². The van der Waals surface area contributed by atoms with Gasteiger partial charge in [-0.1, -0.05) is 0 Å². The highest BCUT2D eigenvalue weighted by molar-refractivity contribution is 5.91. The Balaban J connectivity index is 1.98. The molecule has 0 spiro atoms. The van der Waals surface area contributed by atoms with Gasteiger partial charge in [-0.3, -0.25) is 0 Å². The first-order valence-electron chi connectivity index (χ1n) is 7.07. The van der Waals surface area contributed by atoms with Crippen LogP contribution in [0, 0.1) is 0 Å². The van der Waals surface area contributed by atoms with Crippen LogP contribution in [-0.2, 0) is 0 Å². The summed E-state index contributed by atoms with van der Waals surface area (Å²) < 4.78 is 0. The van der Waals surface area contributed by atoms with Gasteiger partial charge in [0.15, 0.2) is 0 Å². The molecule has 1 unspecified atom stereocenters. The van der Waals surface area contributed by atoms with Gasteiger partial charge < -0.3 is 15.5 Å². The van der Waals surface area contributed by atoms with Crippen molar-refractivity contribution < 1.29 is 0 Å². The second-order valence-electron chi connectivity index (χ2n) is 5.64. The number of rotatable bonds is 2. The van der Waals surface area contributed by atoms with Gasteiger partial charge in [-0.2, -0.15) is 0 Å². The predicted molar refractivity (Wildman–Crippen MR) is 82.9 cm³/mol. The van der Waals surface area contributed by atoms with Crippen molar-refractivity contribution in [2.45, 2.75) is 18.9 Å². The average Bonchev–Trinajstić information content (AvgIpc) is 2.46. The van der Waals surface area contributed by atoms with E-state index in [9.17, 15) is 0 Å². The summed E-state index contributed by atoms with van der Waals surface area (Å²) in [5, 5.41) is 1.03. The van der Waals surface area contributed by atoms with Crippen molar-refractivity contribution in [3.8, 4) is 0 Å². The van der Waals surface area contributed by atoms with E-state index in [0.29, 0.717) is 6.04 Å². The van der Waals surface area contributed by atoms with Crippen LogP contribution in [0.5, 0.6) is 0 Å². The molecule has 1 aromatic heterocycles. The maximum Gasteiger partial charge on any atom is 0.139 e. The van der Waals surface area contributed by atoms with Crippen LogP contribution in [0.3, 0.4) is 0 Å². The molecule has 20 heavy (non-hydrogen) atoms. The Morgan fingerprint density at radius 1 is 1.35 bits per heavy atom. The maximum absolute atomic E-state index is 5.91. The highest BCUT2D eigenvalue weighted by Crippen LogP contribution is 2.27. The Morgan fingerprint density at radius 2 is 2.20 bits per heavy atom. The zero-order chi connectivity index (χ0) is 14.1. The topological polar surface area (TPSA) is 58.3 Å². The fraction of sp³-hybridized carbons (Fsp3) is 0.467. The monoisotopic (exact) mass is 271 g/mol. The number of piperidine rings is 1. The fourth-order valence-corrected chi connectivity index (χ4v) is 2.97. The van der Waals surface area contributed by atoms with Crippen LogP contribution in [-0.4, -0.2) is 48.1 Å². The molecule has 1 saturated heterocycles. The standard InChI is InChI=1S/C15H21N5/c1-19-7-3-4-12(9-19)20(2)15-13-8-11(16)5-6-14(13)17-10-18-15/h5-6,8,10,12H,3-4,7,9,16H2,1-2H3. The van der Waals surface area contributed by atoms with Gasteiger partial charge in [-0.25, -0.2) is 9.97 Å². The minimum absolute atomic E-state index is 0.494. The smallest absolute Gasteiger partial charge is 0.139 e. The first-order chi connectivity index (χ1) is 9.65. The first-order valence-corrected chi connectivity index (χ1v) is 7.07. The van der Waals surface area contributed by atoms with Crippen molar-refractivity contribution >= 4 is 22.4 Å². The summed E-state index contributed by atoms with van der Waals surface area (Å²) in [6.45, 7) is 2.26. The average molecular weight is 271 g/mol.